The quantitative estimate of drug-likeness (QED) is 0.0772. The van der Waals surface area contributed by atoms with Crippen LogP contribution in [-0.2, 0) is 80.4 Å². The zero-order valence-electron chi connectivity index (χ0n) is 49.8. The van der Waals surface area contributed by atoms with Gasteiger partial charge in [0, 0.05) is 115 Å². The fourth-order valence-electron chi connectivity index (χ4n) is 7.54. The van der Waals surface area contributed by atoms with Gasteiger partial charge >= 0.3 is 24.8 Å². The Labute approximate surface area is 620 Å². The monoisotopic (exact) mass is 2080 g/mol. The number of halogens is 4. The van der Waals surface area contributed by atoms with Crippen molar-refractivity contribution in [2.75, 3.05) is 5.34 Å². The van der Waals surface area contributed by atoms with Crippen molar-refractivity contribution >= 4 is 75.5 Å². The zero-order chi connectivity index (χ0) is 61.7. The molecular weight excluding hydrogens is 2020 g/mol. The predicted octanol–water partition coefficient (Wildman–Crippen LogP) is 20.3. The van der Waals surface area contributed by atoms with Crippen molar-refractivity contribution in [1.29, 1.82) is 0 Å². The van der Waals surface area contributed by atoms with Crippen LogP contribution in [0.25, 0.3) is 67.5 Å². The number of alkyl halides is 2. The van der Waals surface area contributed by atoms with E-state index in [1.165, 1.54) is 0 Å². The molecule has 6 aromatic heterocycles. The predicted molar refractivity (Wildman–Crippen MR) is 369 cm³/mol. The maximum Gasteiger partial charge on any atom is 0 e. The first-order valence-corrected chi connectivity index (χ1v) is 29.9. The van der Waals surface area contributed by atoms with Gasteiger partial charge < -0.3 is 29.9 Å². The van der Waals surface area contributed by atoms with Crippen LogP contribution in [-0.4, -0.2) is 42.9 Å². The van der Waals surface area contributed by atoms with E-state index in [-0.39, 0.29) is 85.8 Å². The van der Waals surface area contributed by atoms with Crippen LogP contribution in [0.4, 0.5) is 0 Å². The van der Waals surface area contributed by atoms with Gasteiger partial charge in [0.15, 0.2) is 0 Å². The topological polar surface area (TPSA) is 89.7 Å². The smallest absolute Gasteiger partial charge is 0 e. The minimum atomic E-state index is 0. The normalized spacial score (nSPS) is 9.22. The van der Waals surface area contributed by atoms with Crippen LogP contribution in [0.15, 0.2) is 256 Å². The van der Waals surface area contributed by atoms with Crippen LogP contribution in [0.2, 0.25) is 0 Å². The molecule has 0 saturated heterocycles. The molecule has 0 N–H and O–H groups in total. The summed E-state index contributed by atoms with van der Waals surface area (Å²) in [5, 5.41) is 0.194. The van der Waals surface area contributed by atoms with E-state index in [1.54, 1.807) is 0 Å². The van der Waals surface area contributed by atoms with Gasteiger partial charge in [-0.25, -0.2) is 0 Å². The number of thiol groups is 1. The molecule has 0 aliphatic carbocycles. The summed E-state index contributed by atoms with van der Waals surface area (Å²) in [7, 11) is 4.34. The molecule has 0 saturated carbocycles. The van der Waals surface area contributed by atoms with E-state index >= 15 is 0 Å². The summed E-state index contributed by atoms with van der Waals surface area (Å²) in [5.41, 5.74) is 18.3. The van der Waals surface area contributed by atoms with Gasteiger partial charge in [-0.2, -0.15) is 0 Å². The molecule has 0 aliphatic rings. The van der Waals surface area contributed by atoms with Crippen molar-refractivity contribution in [3.8, 4) is 67.5 Å². The van der Waals surface area contributed by atoms with Gasteiger partial charge in [-0.1, -0.05) is 114 Å². The average molecular weight is 2080 g/mol. The van der Waals surface area contributed by atoms with Crippen molar-refractivity contribution in [3.05, 3.63) is 322 Å². The second kappa shape index (κ2) is 48.3. The summed E-state index contributed by atoms with van der Waals surface area (Å²) in [5.74, 6) is 0. The van der Waals surface area contributed by atoms with Gasteiger partial charge in [0.05, 0.1) is 5.34 Å². The number of hydrogen-bond donors (Lipinski definition) is 1. The Balaban J connectivity index is 0.000000526. The number of hydrogen-bond acceptors (Lipinski definition) is 8. The fourth-order valence-corrected chi connectivity index (χ4v) is 8.26. The Morgan fingerprint density at radius 3 is 0.678 bits per heavy atom. The largest absolute Gasteiger partial charge is 0 e. The van der Waals surface area contributed by atoms with Crippen LogP contribution in [0, 0.1) is 77.9 Å². The number of aryl methyl sites for hydroxylation is 6. The molecule has 12 aromatic rings. The second-order valence-corrected chi connectivity index (χ2v) is 21.0. The van der Waals surface area contributed by atoms with E-state index < -0.39 is 0 Å². The third-order valence-corrected chi connectivity index (χ3v) is 12.3. The number of pyridine rings is 6. The molecule has 12 rings (SSSR count). The molecule has 0 fully saturated rings. The summed E-state index contributed by atoms with van der Waals surface area (Å²) in [6.07, 6.45) is 0. The average Bonchev–Trinajstić information content (AvgIpc) is 3.75. The number of benzene rings is 6. The second-order valence-electron chi connectivity index (χ2n) is 18.1. The molecule has 0 amide bonds. The van der Waals surface area contributed by atoms with Crippen molar-refractivity contribution < 1.29 is 80.4 Å². The Morgan fingerprint density at radius 2 is 0.511 bits per heavy atom. The minimum Gasteiger partial charge on any atom is 0 e. The number of nitrogens with zero attached hydrogens (tertiary/aromatic N) is 7. The van der Waals surface area contributed by atoms with Crippen LogP contribution in [0.1, 0.15) is 34.2 Å². The Kier molecular flexibility index (Phi) is 44.4. The van der Waals surface area contributed by atoms with Gasteiger partial charge in [-0.15, -0.1) is 226 Å². The summed E-state index contributed by atoms with van der Waals surface area (Å²) >= 11 is 19.6. The summed E-state index contributed by atoms with van der Waals surface area (Å²) in [4.78, 5) is 26.5. The molecule has 7 nitrogen and oxygen atoms in total. The van der Waals surface area contributed by atoms with Crippen LogP contribution in [0.3, 0.4) is 0 Å². The molecule has 6 heterocycles. The van der Waals surface area contributed by atoms with Crippen molar-refractivity contribution in [2.24, 2.45) is 4.30 Å². The number of rotatable bonds is 6. The van der Waals surface area contributed by atoms with Crippen LogP contribution < -0.4 is 0 Å². The maximum atomic E-state index is 4.76. The molecule has 0 unspecified atom stereocenters. The first-order valence-electron chi connectivity index (χ1n) is 26.8. The molecule has 0 aliphatic heterocycles. The first-order chi connectivity index (χ1) is 41.8. The van der Waals surface area contributed by atoms with E-state index in [1.807, 2.05) is 284 Å². The summed E-state index contributed by atoms with van der Waals surface area (Å²) in [6.45, 7) is 11.9. The summed E-state index contributed by atoms with van der Waals surface area (Å²) < 4.78 is 4.80. The third-order valence-electron chi connectivity index (χ3n) is 11.3. The molecule has 90 heavy (non-hydrogen) atoms. The van der Waals surface area contributed by atoms with Gasteiger partial charge in [0.2, 0.25) is 0 Å². The zero-order valence-corrected chi connectivity index (χ0v) is 65.0. The van der Waals surface area contributed by atoms with Crippen molar-refractivity contribution in [3.63, 3.8) is 0 Å². The van der Waals surface area contributed by atoms with E-state index in [4.69, 9.17) is 23.2 Å². The third kappa shape index (κ3) is 32.2. The van der Waals surface area contributed by atoms with E-state index in [9.17, 15) is 0 Å². The van der Waals surface area contributed by atoms with Gasteiger partial charge in [0.25, 0.3) is 0 Å². The SMILES string of the molecule is Cc1cccc(-c2[c-]ccc(Br)c2)n1.Cc1cccc(-c2[c-]ccc(Br)c2)n1.Cc1cccc(-c2[c-]cccc2)n1.Cc1cccc(-c2[c-]cccc2)n1.Cc1cccc(-c2[c-]cccc2)n1.Cc1cccc(-c2[c-]cccc2)n1.ClCCl.[B]=NS.[Ir].[Ir].[Ir].[Ir]. The summed E-state index contributed by atoms with van der Waals surface area (Å²) in [6, 6.07) is 98.1. The van der Waals surface area contributed by atoms with Crippen molar-refractivity contribution in [1.82, 2.24) is 29.9 Å². The molecule has 467 valence electrons. The molecule has 17 heteroatoms. The molecule has 5 radical (unpaired) electrons. The Hall–Kier alpha value is -5.43. The van der Waals surface area contributed by atoms with E-state index in [0.29, 0.717) is 0 Å². The Morgan fingerprint density at radius 1 is 0.322 bits per heavy atom. The molecule has 6 aromatic carbocycles. The van der Waals surface area contributed by atoms with Crippen molar-refractivity contribution in [2.45, 2.75) is 41.5 Å². The van der Waals surface area contributed by atoms with E-state index in [0.717, 1.165) is 111 Å². The number of aromatic nitrogens is 6. The first kappa shape index (κ1) is 82.6. The van der Waals surface area contributed by atoms with Gasteiger partial charge in [0.1, 0.15) is 0 Å². The minimum absolute atomic E-state index is 0. The molecule has 0 atom stereocenters. The standard InChI is InChI=1S/2C12H9BrN.4C12H10N.CH2Cl2.BHNS.4Ir/c2*1-9-4-2-7-12(14-9)10-5-3-6-11(13)8-10;4*1-10-6-5-9-12(13-10)11-7-3-2-4-8-11;2-1-3;1-2-3;;;;/h2*2-4,6-8H,1H3;4*2-7,9H,1H3;1H2;3H;;;;/q6*-1;;;;;;. The maximum absolute atomic E-state index is 4.76. The Bertz CT molecular complexity index is 3400. The molecular formula is C73H61BBr2Cl2Ir4N7S-6. The van der Waals surface area contributed by atoms with Gasteiger partial charge in [-0.3, -0.25) is 0 Å². The van der Waals surface area contributed by atoms with Crippen LogP contribution in [0.5, 0.6) is 0 Å². The fraction of sp³-hybridized carbons (Fsp3) is 0.0959. The molecule has 0 spiro atoms. The van der Waals surface area contributed by atoms with Crippen LogP contribution >= 0.6 is 67.9 Å². The molecule has 0 bridgehead atoms. The van der Waals surface area contributed by atoms with E-state index in [2.05, 4.69) is 123 Å². The van der Waals surface area contributed by atoms with Gasteiger partial charge in [-0.05, 0) is 112 Å².